The number of halogens is 4. The molecule has 520 valence electrons. The Labute approximate surface area is 561 Å². The number of aryl methyl sites for hydroxylation is 1. The Morgan fingerprint density at radius 3 is 2.20 bits per heavy atom. The second kappa shape index (κ2) is 36.1. The number of alkyl halides is 3. The minimum absolute atomic E-state index is 0.0334. The molecule has 6 N–H and O–H groups in total. The topological polar surface area (TPSA) is 118 Å². The van der Waals surface area contributed by atoms with Gasteiger partial charge in [0.25, 0.3) is 0 Å². The second-order valence-corrected chi connectivity index (χ2v) is 30.6. The maximum absolute atomic E-state index is 15.0. The molecule has 0 radical (unpaired) electrons. The summed E-state index contributed by atoms with van der Waals surface area (Å²) in [7, 11) is 4.33. The molecule has 1 aromatic rings. The first-order valence-electron chi connectivity index (χ1n) is 37.0. The van der Waals surface area contributed by atoms with Crippen LogP contribution in [0.1, 0.15) is 221 Å². The van der Waals surface area contributed by atoms with Crippen molar-refractivity contribution in [2.75, 3.05) is 66.5 Å². The molecule has 13 nitrogen and oxygen atoms in total. The molecular weight excluding hydrogens is 1180 g/mol. The first-order chi connectivity index (χ1) is 44.1. The number of fused-ring (bicyclic) bond motifs is 2. The van der Waals surface area contributed by atoms with Crippen molar-refractivity contribution in [2.45, 2.75) is 283 Å². The molecule has 1 spiro atoms. The number of likely N-dealkylation sites (tertiary alicyclic amines) is 1. The van der Waals surface area contributed by atoms with E-state index in [1.807, 2.05) is 18.5 Å². The van der Waals surface area contributed by atoms with Gasteiger partial charge < -0.3 is 51.5 Å². The lowest BCUT2D eigenvalue weighted by Crippen LogP contribution is -2.76. The molecule has 92 heavy (non-hydrogen) atoms. The molecule has 3 aliphatic carbocycles. The second-order valence-electron chi connectivity index (χ2n) is 30.2. The number of hydrogen-bond acceptors (Lipinski definition) is 12. The van der Waals surface area contributed by atoms with Gasteiger partial charge in [0.15, 0.2) is 0 Å². The number of piperidine rings is 1. The predicted molar refractivity (Wildman–Crippen MR) is 377 cm³/mol. The van der Waals surface area contributed by atoms with E-state index in [0.717, 1.165) is 121 Å². The standard InChI is InChI=1S/C75H126ClF3N12O/c1-12-54(4)69-48-84-68(45-53(2)3)56(6)83-49-70-71(73(92)89-41-22-15-23-42-89)59(9)91(70)72(62-27-18-14-19-28-62)57(7)86-74(35-20-21-36-74)52-81-39-38-80-37-34-63(32-30-61-31-33-66(67(76)47-61)75(77,78)79)82-40-44-87(10)50-65(46-60-25-16-13-17-26-60)88(11)51-64-29-24-43-90(64)58(8)55(5)85-69/h31,33-34,37,40,44,47,50-51,53-60,62,68-72,81-86H,12-30,32,35-36,38-39,41-43,45-46,48-49,52H2,1-11H3/t54-,55?,56?,57?,58-,59?,68-,69+,70?,71-,72+/m0/s1. The van der Waals surface area contributed by atoms with Crippen LogP contribution >= 0.6 is 11.6 Å². The van der Waals surface area contributed by atoms with E-state index in [2.05, 4.69) is 151 Å². The van der Waals surface area contributed by atoms with Crippen molar-refractivity contribution in [1.82, 2.24) is 56.4 Å². The van der Waals surface area contributed by atoms with E-state index in [1.54, 1.807) is 0 Å². The zero-order valence-corrected chi connectivity index (χ0v) is 59.8. The van der Waals surface area contributed by atoms with Gasteiger partial charge in [-0.3, -0.25) is 14.7 Å². The number of benzene rings is 1. The fourth-order valence-electron chi connectivity index (χ4n) is 17.1. The minimum Gasteiger partial charge on any atom is -0.369 e. The maximum atomic E-state index is 15.0. The highest BCUT2D eigenvalue weighted by Crippen LogP contribution is 2.44. The molecule has 3 saturated heterocycles. The van der Waals surface area contributed by atoms with Gasteiger partial charge in [-0.2, -0.15) is 13.2 Å². The van der Waals surface area contributed by atoms with Gasteiger partial charge in [0.1, 0.15) is 0 Å². The van der Waals surface area contributed by atoms with Crippen molar-refractivity contribution in [3.63, 3.8) is 0 Å². The monoisotopic (exact) mass is 1300 g/mol. The third-order valence-corrected chi connectivity index (χ3v) is 23.2. The van der Waals surface area contributed by atoms with Gasteiger partial charge >= 0.3 is 6.18 Å². The van der Waals surface area contributed by atoms with Crippen LogP contribution in [0, 0.1) is 29.6 Å². The zero-order valence-electron chi connectivity index (χ0n) is 59.0. The number of carbonyl (C=O) groups is 1. The molecule has 17 heteroatoms. The highest BCUT2D eigenvalue weighted by Gasteiger charge is 2.56. The lowest BCUT2D eigenvalue weighted by molar-refractivity contribution is -0.163. The fraction of sp³-hybridized carbons (Fsp3) is 0.787. The smallest absolute Gasteiger partial charge is 0.369 e. The van der Waals surface area contributed by atoms with Crippen LogP contribution in [0.3, 0.4) is 0 Å². The number of amides is 1. The Kier molecular flexibility index (Phi) is 29.1. The third-order valence-electron chi connectivity index (χ3n) is 22.9. The number of rotatable bonds is 11. The average molecular weight is 1300 g/mol. The molecule has 6 fully saturated rings. The summed E-state index contributed by atoms with van der Waals surface area (Å²) in [6.45, 7) is 28.3. The predicted octanol–water partition coefficient (Wildman–Crippen LogP) is 14.2. The van der Waals surface area contributed by atoms with Gasteiger partial charge in [0, 0.05) is 168 Å². The summed E-state index contributed by atoms with van der Waals surface area (Å²) >= 11 is 6.22. The summed E-state index contributed by atoms with van der Waals surface area (Å²) in [5.41, 5.74) is 3.47. The molecule has 5 unspecified atom stereocenters. The van der Waals surface area contributed by atoms with E-state index in [4.69, 9.17) is 16.6 Å². The summed E-state index contributed by atoms with van der Waals surface area (Å²) in [5.74, 6) is 2.55. The summed E-state index contributed by atoms with van der Waals surface area (Å²) in [5, 5.41) is 24.2. The lowest BCUT2D eigenvalue weighted by Gasteiger charge is -2.61. The van der Waals surface area contributed by atoms with E-state index < -0.39 is 11.7 Å². The Morgan fingerprint density at radius 2 is 1.51 bits per heavy atom. The lowest BCUT2D eigenvalue weighted by atomic mass is 9.71. The molecule has 7 aliphatic rings. The van der Waals surface area contributed by atoms with Crippen LogP contribution in [0.25, 0.3) is 0 Å². The maximum Gasteiger partial charge on any atom is 0.417 e. The average Bonchev–Trinajstić information content (AvgIpc) is 0.752. The number of nitrogens with zero attached hydrogens (tertiary/aromatic N) is 6. The Bertz CT molecular complexity index is 2550. The third kappa shape index (κ3) is 20.9. The van der Waals surface area contributed by atoms with Gasteiger partial charge in [0.05, 0.1) is 23.0 Å². The van der Waals surface area contributed by atoms with Crippen LogP contribution in [0.15, 0.2) is 71.2 Å². The summed E-state index contributed by atoms with van der Waals surface area (Å²) in [4.78, 5) is 32.2. The number of carbonyl (C=O) groups excluding carboxylic acids is 1. The molecular formula is C75H126ClF3N12O. The molecule has 0 aromatic heterocycles. The van der Waals surface area contributed by atoms with Crippen LogP contribution in [0.2, 0.25) is 5.02 Å². The Morgan fingerprint density at radius 1 is 0.804 bits per heavy atom. The largest absolute Gasteiger partial charge is 0.417 e. The van der Waals surface area contributed by atoms with E-state index in [-0.39, 0.29) is 58.8 Å². The summed E-state index contributed by atoms with van der Waals surface area (Å²) in [6.07, 6.45) is 35.3. The highest BCUT2D eigenvalue weighted by atomic mass is 35.5. The molecule has 1 aromatic carbocycles. The van der Waals surface area contributed by atoms with Crippen LogP contribution < -0.4 is 31.9 Å². The molecule has 3 saturated carbocycles. The van der Waals surface area contributed by atoms with Crippen molar-refractivity contribution >= 4 is 23.7 Å². The van der Waals surface area contributed by atoms with Gasteiger partial charge in [-0.25, -0.2) is 0 Å². The van der Waals surface area contributed by atoms with Gasteiger partial charge in [-0.05, 0) is 166 Å². The van der Waals surface area contributed by atoms with E-state index in [1.165, 1.54) is 107 Å². The first kappa shape index (κ1) is 74.2. The van der Waals surface area contributed by atoms with Crippen LogP contribution in [-0.4, -0.2) is 163 Å². The number of hydrogen-bond donors (Lipinski definition) is 6. The molecule has 0 bridgehead atoms. The zero-order chi connectivity index (χ0) is 66.0. The molecule has 8 rings (SSSR count). The molecule has 4 aliphatic heterocycles. The molecule has 4 heterocycles. The Balaban J connectivity index is 1.10. The number of allylic oxidation sites excluding steroid dienone is 4. The van der Waals surface area contributed by atoms with Crippen LogP contribution in [0.5, 0.6) is 0 Å². The van der Waals surface area contributed by atoms with Crippen molar-refractivity contribution in [3.8, 4) is 0 Å². The highest BCUT2D eigenvalue weighted by molar-refractivity contribution is 6.31. The van der Waals surface area contributed by atoms with Crippen molar-refractivity contribution in [3.05, 3.63) is 82.3 Å². The first-order valence-corrected chi connectivity index (χ1v) is 37.4. The summed E-state index contributed by atoms with van der Waals surface area (Å²) in [6, 6.07) is 6.19. The van der Waals surface area contributed by atoms with Gasteiger partial charge in [0.2, 0.25) is 5.91 Å². The fourth-order valence-corrected chi connectivity index (χ4v) is 17.4. The van der Waals surface area contributed by atoms with Gasteiger partial charge in [-0.1, -0.05) is 116 Å². The van der Waals surface area contributed by atoms with Gasteiger partial charge in [-0.15, -0.1) is 0 Å². The minimum atomic E-state index is -4.51. The number of nitrogens with one attached hydrogen (secondary N) is 6. The number of aliphatic imine (C=N–C) groups is 1. The summed E-state index contributed by atoms with van der Waals surface area (Å²) < 4.78 is 41.2. The van der Waals surface area contributed by atoms with Crippen LogP contribution in [-0.2, 0) is 17.4 Å². The molecule has 11 atom stereocenters. The Hall–Kier alpha value is -3.64. The van der Waals surface area contributed by atoms with E-state index in [0.29, 0.717) is 61.0 Å². The van der Waals surface area contributed by atoms with Crippen molar-refractivity contribution < 1.29 is 18.0 Å². The van der Waals surface area contributed by atoms with E-state index >= 15 is 4.79 Å². The van der Waals surface area contributed by atoms with Crippen molar-refractivity contribution in [1.29, 1.82) is 0 Å². The van der Waals surface area contributed by atoms with Crippen molar-refractivity contribution in [2.24, 2.45) is 34.6 Å². The van der Waals surface area contributed by atoms with E-state index in [9.17, 15) is 13.2 Å². The quantitative estimate of drug-likeness (QED) is 0.127. The SMILES string of the molecule is CC[C@H](C)[C@H]1CN[C@@H](CC(C)C)C(C)NCC2[C@@H](C(=O)N3CCCCC3)C(C)N2[C@@H](C2CCCCC2)C(C)NC2(CCCC2)CNCCN=CC=C(CCc2ccc(C(F)(F)F)c(Cl)c2)NC=CN(C)C=C(CC2CCCCC2)N(C)C=C2CCCN2[C@@H](C)C(C)N1. The van der Waals surface area contributed by atoms with Crippen LogP contribution in [0.4, 0.5) is 13.2 Å². The molecule has 1 amide bonds. The normalized spacial score (nSPS) is 30.6.